The quantitative estimate of drug-likeness (QED) is 0.804. The normalized spacial score (nSPS) is 14.7. The molecule has 0 spiro atoms. The summed E-state index contributed by atoms with van der Waals surface area (Å²) in [6.07, 6.45) is 3.91. The Hall–Kier alpha value is -2.89. The van der Waals surface area contributed by atoms with E-state index in [9.17, 15) is 4.79 Å². The summed E-state index contributed by atoms with van der Waals surface area (Å²) in [5.41, 5.74) is 3.93. The highest BCUT2D eigenvalue weighted by Gasteiger charge is 2.28. The minimum atomic E-state index is 0.121. The van der Waals surface area contributed by atoms with Crippen LogP contribution in [0.5, 0.6) is 0 Å². The average molecular weight is 321 g/mol. The van der Waals surface area contributed by atoms with E-state index in [2.05, 4.69) is 33.9 Å². The number of nitrogens with zero attached hydrogens (tertiary/aromatic N) is 4. The molecule has 1 aliphatic heterocycles. The van der Waals surface area contributed by atoms with Crippen LogP contribution in [0.25, 0.3) is 17.0 Å². The largest absolute Gasteiger partial charge is 0.364 e. The van der Waals surface area contributed by atoms with E-state index in [0.29, 0.717) is 0 Å². The number of pyridine rings is 2. The van der Waals surface area contributed by atoms with E-state index in [1.54, 1.807) is 6.92 Å². The first-order valence-electron chi connectivity index (χ1n) is 8.03. The number of imidazole rings is 1. The van der Waals surface area contributed by atoms with E-state index in [4.69, 9.17) is 4.98 Å². The fourth-order valence-electron chi connectivity index (χ4n) is 2.97. The molecule has 1 aliphatic rings. The van der Waals surface area contributed by atoms with Gasteiger partial charge in [0.05, 0.1) is 23.6 Å². The minimum absolute atomic E-state index is 0.121. The number of hydrogen-bond donors (Lipinski definition) is 1. The van der Waals surface area contributed by atoms with Crippen molar-refractivity contribution in [2.45, 2.75) is 19.9 Å². The van der Waals surface area contributed by atoms with Gasteiger partial charge in [0, 0.05) is 26.2 Å². The molecule has 4 rings (SSSR count). The molecule has 24 heavy (non-hydrogen) atoms. The molecule has 3 aromatic rings. The fraction of sp³-hybridized carbons (Fsp3) is 0.278. The van der Waals surface area contributed by atoms with Gasteiger partial charge in [-0.2, -0.15) is 0 Å². The van der Waals surface area contributed by atoms with Crippen molar-refractivity contribution in [1.29, 1.82) is 0 Å². The van der Waals surface area contributed by atoms with E-state index in [1.165, 1.54) is 5.56 Å². The van der Waals surface area contributed by atoms with E-state index in [0.717, 1.165) is 35.9 Å². The maximum Gasteiger partial charge on any atom is 0.219 e. The number of anilines is 1. The van der Waals surface area contributed by atoms with Gasteiger partial charge in [-0.1, -0.05) is 12.1 Å². The van der Waals surface area contributed by atoms with E-state index in [1.807, 2.05) is 35.4 Å². The third-order valence-electron chi connectivity index (χ3n) is 4.34. The monoisotopic (exact) mass is 321 g/mol. The number of hydrogen-bond acceptors (Lipinski definition) is 4. The van der Waals surface area contributed by atoms with Gasteiger partial charge in [-0.25, -0.2) is 9.97 Å². The molecule has 0 radical (unpaired) electrons. The first-order valence-corrected chi connectivity index (χ1v) is 8.03. The zero-order valence-corrected chi connectivity index (χ0v) is 13.7. The Bertz CT molecular complexity index is 911. The summed E-state index contributed by atoms with van der Waals surface area (Å²) in [6.45, 7) is 5.12. The maximum atomic E-state index is 11.3. The van der Waals surface area contributed by atoms with Gasteiger partial charge < -0.3 is 10.2 Å². The van der Waals surface area contributed by atoms with Crippen LogP contribution in [0.4, 0.5) is 5.82 Å². The molecule has 1 saturated heterocycles. The number of likely N-dealkylation sites (tertiary alicyclic amines) is 1. The highest BCUT2D eigenvalue weighted by Crippen LogP contribution is 2.22. The second-order valence-corrected chi connectivity index (χ2v) is 6.25. The van der Waals surface area contributed by atoms with Gasteiger partial charge in [0.2, 0.25) is 5.91 Å². The molecule has 6 heteroatoms. The molecule has 1 amide bonds. The van der Waals surface area contributed by atoms with Crippen LogP contribution in [0.3, 0.4) is 0 Å². The van der Waals surface area contributed by atoms with Crippen LogP contribution in [0.2, 0.25) is 0 Å². The number of aryl methyl sites for hydroxylation is 1. The molecular formula is C18H19N5O. The number of nitrogens with one attached hydrogen (secondary N) is 1. The van der Waals surface area contributed by atoms with Gasteiger partial charge in [-0.15, -0.1) is 0 Å². The van der Waals surface area contributed by atoms with Crippen LogP contribution in [0, 0.1) is 6.92 Å². The van der Waals surface area contributed by atoms with Crippen molar-refractivity contribution in [3.8, 4) is 11.4 Å². The third-order valence-corrected chi connectivity index (χ3v) is 4.34. The number of aromatic nitrogens is 3. The van der Waals surface area contributed by atoms with Gasteiger partial charge in [-0.05, 0) is 30.7 Å². The second-order valence-electron chi connectivity index (χ2n) is 6.25. The maximum absolute atomic E-state index is 11.3. The summed E-state index contributed by atoms with van der Waals surface area (Å²) in [6, 6.07) is 10.2. The van der Waals surface area contributed by atoms with Crippen LogP contribution in [0.15, 0.2) is 42.7 Å². The van der Waals surface area contributed by atoms with Gasteiger partial charge >= 0.3 is 0 Å². The number of carbonyl (C=O) groups excluding carboxylic acids is 1. The van der Waals surface area contributed by atoms with Crippen LogP contribution in [-0.2, 0) is 4.79 Å². The van der Waals surface area contributed by atoms with Crippen molar-refractivity contribution < 1.29 is 4.79 Å². The first-order chi connectivity index (χ1) is 11.6. The van der Waals surface area contributed by atoms with Crippen LogP contribution in [0.1, 0.15) is 12.5 Å². The van der Waals surface area contributed by atoms with Crippen molar-refractivity contribution in [2.75, 3.05) is 18.4 Å². The van der Waals surface area contributed by atoms with Gasteiger partial charge in [0.15, 0.2) is 0 Å². The summed E-state index contributed by atoms with van der Waals surface area (Å²) in [5, 5.41) is 3.39. The molecular weight excluding hydrogens is 302 g/mol. The predicted octanol–water partition coefficient (Wildman–Crippen LogP) is 2.35. The zero-order valence-electron chi connectivity index (χ0n) is 13.7. The highest BCUT2D eigenvalue weighted by atomic mass is 16.2. The van der Waals surface area contributed by atoms with Gasteiger partial charge in [-0.3, -0.25) is 9.20 Å². The Morgan fingerprint density at radius 3 is 2.88 bits per heavy atom. The molecule has 1 fully saturated rings. The standard InChI is InChI=1S/C18H19N5O/c1-12-6-7-18-19-8-16(23(18)9-12)15-4-3-5-17(21-15)20-14-10-22(11-14)13(2)24/h3-9,14H,10-11H2,1-2H3,(H,20,21). The van der Waals surface area contributed by atoms with Crippen molar-refractivity contribution in [3.05, 3.63) is 48.3 Å². The van der Waals surface area contributed by atoms with Crippen LogP contribution >= 0.6 is 0 Å². The van der Waals surface area contributed by atoms with Gasteiger partial charge in [0.1, 0.15) is 11.5 Å². The smallest absolute Gasteiger partial charge is 0.219 e. The molecule has 0 unspecified atom stereocenters. The Morgan fingerprint density at radius 1 is 1.25 bits per heavy atom. The summed E-state index contributed by atoms with van der Waals surface area (Å²) >= 11 is 0. The Labute approximate surface area is 140 Å². The second kappa shape index (κ2) is 5.63. The highest BCUT2D eigenvalue weighted by molar-refractivity contribution is 5.74. The third kappa shape index (κ3) is 2.60. The Kier molecular flexibility index (Phi) is 3.45. The lowest BCUT2D eigenvalue weighted by molar-refractivity contribution is -0.132. The number of rotatable bonds is 3. The Balaban J connectivity index is 1.58. The number of carbonyl (C=O) groups is 1. The lowest BCUT2D eigenvalue weighted by atomic mass is 10.1. The van der Waals surface area contributed by atoms with Crippen LogP contribution < -0.4 is 5.32 Å². The summed E-state index contributed by atoms with van der Waals surface area (Å²) < 4.78 is 2.06. The molecule has 3 aromatic heterocycles. The SMILES string of the molecule is CC(=O)N1CC(Nc2cccc(-c3cnc4ccc(C)cn34)n2)C1. The molecule has 0 bridgehead atoms. The molecule has 4 heterocycles. The van der Waals surface area contributed by atoms with Crippen LogP contribution in [-0.4, -0.2) is 44.3 Å². The zero-order chi connectivity index (χ0) is 16.7. The minimum Gasteiger partial charge on any atom is -0.364 e. The molecule has 0 atom stereocenters. The fourth-order valence-corrected chi connectivity index (χ4v) is 2.97. The predicted molar refractivity (Wildman–Crippen MR) is 92.8 cm³/mol. The molecule has 6 nitrogen and oxygen atoms in total. The number of amides is 1. The first kappa shape index (κ1) is 14.7. The lowest BCUT2D eigenvalue weighted by Gasteiger charge is -2.39. The number of fused-ring (bicyclic) bond motifs is 1. The van der Waals surface area contributed by atoms with Crippen molar-refractivity contribution >= 4 is 17.4 Å². The summed E-state index contributed by atoms with van der Waals surface area (Å²) in [4.78, 5) is 22.2. The summed E-state index contributed by atoms with van der Waals surface area (Å²) in [7, 11) is 0. The van der Waals surface area contributed by atoms with Crippen molar-refractivity contribution in [1.82, 2.24) is 19.3 Å². The average Bonchev–Trinajstić information content (AvgIpc) is 2.93. The topological polar surface area (TPSA) is 62.5 Å². The molecule has 0 aromatic carbocycles. The molecule has 1 N–H and O–H groups in total. The molecule has 0 saturated carbocycles. The summed E-state index contributed by atoms with van der Waals surface area (Å²) in [5.74, 6) is 0.944. The Morgan fingerprint density at radius 2 is 2.08 bits per heavy atom. The van der Waals surface area contributed by atoms with Crippen molar-refractivity contribution in [2.24, 2.45) is 0 Å². The van der Waals surface area contributed by atoms with E-state index >= 15 is 0 Å². The van der Waals surface area contributed by atoms with E-state index < -0.39 is 0 Å². The lowest BCUT2D eigenvalue weighted by Crippen LogP contribution is -2.56. The van der Waals surface area contributed by atoms with Crippen molar-refractivity contribution in [3.63, 3.8) is 0 Å². The van der Waals surface area contributed by atoms with E-state index in [-0.39, 0.29) is 11.9 Å². The van der Waals surface area contributed by atoms with Gasteiger partial charge in [0.25, 0.3) is 0 Å². The molecule has 122 valence electrons. The molecule has 0 aliphatic carbocycles.